The van der Waals surface area contributed by atoms with Gasteiger partial charge in [0.1, 0.15) is 11.7 Å². The normalized spacial score (nSPS) is 17.1. The fourth-order valence-electron chi connectivity index (χ4n) is 2.54. The number of imide groups is 1. The van der Waals surface area contributed by atoms with Gasteiger partial charge in [-0.05, 0) is 18.6 Å². The molecule has 0 bridgehead atoms. The first kappa shape index (κ1) is 16.7. The maximum Gasteiger partial charge on any atom is 0.309 e. The van der Waals surface area contributed by atoms with Crippen LogP contribution in [0.5, 0.6) is 5.95 Å². The first-order valence-electron chi connectivity index (χ1n) is 7.79. The van der Waals surface area contributed by atoms with Gasteiger partial charge in [0.2, 0.25) is 23.6 Å². The molecule has 3 amide bonds. The fraction of sp³-hybridized carbons (Fsp3) is 0.294. The number of aromatic nitrogens is 1. The lowest BCUT2D eigenvalue weighted by atomic mass is 10.1. The molecule has 2 aromatic rings. The van der Waals surface area contributed by atoms with Crippen LogP contribution in [0.15, 0.2) is 34.7 Å². The molecule has 1 fully saturated rings. The summed E-state index contributed by atoms with van der Waals surface area (Å²) in [5.74, 6) is -0.734. The fourth-order valence-corrected chi connectivity index (χ4v) is 2.54. The third-order valence-corrected chi connectivity index (χ3v) is 3.77. The SMILES string of the molecule is COc1oc(-c2ccccc2)nc1CC(=O)NC1CCC(=O)NC1=O. The number of nitrogens with one attached hydrogen (secondary N) is 2. The van der Waals surface area contributed by atoms with E-state index in [1.807, 2.05) is 30.3 Å². The molecular formula is C17H17N3O5. The summed E-state index contributed by atoms with van der Waals surface area (Å²) < 4.78 is 10.7. The van der Waals surface area contributed by atoms with E-state index in [1.165, 1.54) is 7.11 Å². The number of rotatable bonds is 5. The summed E-state index contributed by atoms with van der Waals surface area (Å²) in [5, 5.41) is 4.79. The largest absolute Gasteiger partial charge is 0.467 e. The van der Waals surface area contributed by atoms with Crippen molar-refractivity contribution in [2.45, 2.75) is 25.3 Å². The highest BCUT2D eigenvalue weighted by Crippen LogP contribution is 2.27. The number of piperidine rings is 1. The van der Waals surface area contributed by atoms with E-state index in [4.69, 9.17) is 9.15 Å². The first-order valence-corrected chi connectivity index (χ1v) is 7.79. The van der Waals surface area contributed by atoms with Gasteiger partial charge in [0.15, 0.2) is 0 Å². The molecule has 1 saturated heterocycles. The molecule has 1 atom stereocenters. The average Bonchev–Trinajstić information content (AvgIpc) is 3.01. The Balaban J connectivity index is 1.70. The molecule has 0 spiro atoms. The standard InChI is InChI=1S/C17H17N3O5/c1-24-17-12(19-16(25-17)10-5-3-2-4-6-10)9-14(22)18-11-7-8-13(21)20-15(11)23/h2-6,11H,7-9H2,1H3,(H,18,22)(H,20,21,23). The highest BCUT2D eigenvalue weighted by molar-refractivity contribution is 6.01. The topological polar surface area (TPSA) is 111 Å². The van der Waals surface area contributed by atoms with Crippen LogP contribution >= 0.6 is 0 Å². The number of hydrogen-bond acceptors (Lipinski definition) is 6. The summed E-state index contributed by atoms with van der Waals surface area (Å²) in [6.07, 6.45) is 0.376. The Morgan fingerprint density at radius 2 is 2.12 bits per heavy atom. The Kier molecular flexibility index (Phi) is 4.78. The zero-order valence-corrected chi connectivity index (χ0v) is 13.6. The van der Waals surface area contributed by atoms with Crippen molar-refractivity contribution in [1.29, 1.82) is 0 Å². The number of oxazole rings is 1. The third kappa shape index (κ3) is 3.85. The second-order valence-electron chi connectivity index (χ2n) is 5.57. The smallest absolute Gasteiger partial charge is 0.309 e. The van der Waals surface area contributed by atoms with Gasteiger partial charge in [0, 0.05) is 12.0 Å². The van der Waals surface area contributed by atoms with E-state index in [9.17, 15) is 14.4 Å². The van der Waals surface area contributed by atoms with E-state index in [-0.39, 0.29) is 31.1 Å². The molecule has 2 N–H and O–H groups in total. The summed E-state index contributed by atoms with van der Waals surface area (Å²) in [7, 11) is 1.43. The Hall–Kier alpha value is -3.16. The highest BCUT2D eigenvalue weighted by Gasteiger charge is 2.28. The van der Waals surface area contributed by atoms with Crippen molar-refractivity contribution < 1.29 is 23.5 Å². The van der Waals surface area contributed by atoms with Crippen LogP contribution in [0.3, 0.4) is 0 Å². The van der Waals surface area contributed by atoms with Crippen molar-refractivity contribution in [2.75, 3.05) is 7.11 Å². The van der Waals surface area contributed by atoms with Gasteiger partial charge in [-0.15, -0.1) is 0 Å². The molecule has 25 heavy (non-hydrogen) atoms. The molecule has 1 aliphatic heterocycles. The first-order chi connectivity index (χ1) is 12.1. The Labute approximate surface area is 143 Å². The van der Waals surface area contributed by atoms with Crippen LogP contribution in [0.2, 0.25) is 0 Å². The van der Waals surface area contributed by atoms with Crippen LogP contribution in [0.4, 0.5) is 0 Å². The van der Waals surface area contributed by atoms with Crippen LogP contribution in [0.25, 0.3) is 11.5 Å². The quantitative estimate of drug-likeness (QED) is 0.778. The predicted octanol–water partition coefficient (Wildman–Crippen LogP) is 0.814. The van der Waals surface area contributed by atoms with Gasteiger partial charge in [-0.2, -0.15) is 0 Å². The van der Waals surface area contributed by atoms with Crippen LogP contribution < -0.4 is 15.4 Å². The third-order valence-electron chi connectivity index (χ3n) is 3.77. The van der Waals surface area contributed by atoms with Crippen LogP contribution in [-0.2, 0) is 20.8 Å². The van der Waals surface area contributed by atoms with Gasteiger partial charge in [0.25, 0.3) is 0 Å². The van der Waals surface area contributed by atoms with Gasteiger partial charge in [-0.1, -0.05) is 18.2 Å². The van der Waals surface area contributed by atoms with Gasteiger partial charge < -0.3 is 14.5 Å². The summed E-state index contributed by atoms with van der Waals surface area (Å²) in [5.41, 5.74) is 1.10. The second-order valence-corrected chi connectivity index (χ2v) is 5.57. The van der Waals surface area contributed by atoms with E-state index < -0.39 is 17.9 Å². The van der Waals surface area contributed by atoms with E-state index >= 15 is 0 Å². The number of carbonyl (C=O) groups is 3. The molecule has 130 valence electrons. The second kappa shape index (κ2) is 7.16. The van der Waals surface area contributed by atoms with E-state index in [0.29, 0.717) is 11.6 Å². The Bertz CT molecular complexity index is 800. The molecule has 8 heteroatoms. The van der Waals surface area contributed by atoms with E-state index in [0.717, 1.165) is 5.56 Å². The van der Waals surface area contributed by atoms with Crippen LogP contribution in [0, 0.1) is 0 Å². The number of carbonyl (C=O) groups excluding carboxylic acids is 3. The number of nitrogens with zero attached hydrogens (tertiary/aromatic N) is 1. The number of hydrogen-bond donors (Lipinski definition) is 2. The van der Waals surface area contributed by atoms with Gasteiger partial charge in [-0.25, -0.2) is 4.98 Å². The molecule has 1 unspecified atom stereocenters. The summed E-state index contributed by atoms with van der Waals surface area (Å²) in [6.45, 7) is 0. The molecule has 3 rings (SSSR count). The molecule has 0 radical (unpaired) electrons. The lowest BCUT2D eigenvalue weighted by Gasteiger charge is -2.21. The number of ether oxygens (including phenoxy) is 1. The maximum absolute atomic E-state index is 12.2. The van der Waals surface area contributed by atoms with Gasteiger partial charge in [0.05, 0.1) is 13.5 Å². The average molecular weight is 343 g/mol. The number of amides is 3. The van der Waals surface area contributed by atoms with Gasteiger partial charge in [-0.3, -0.25) is 19.7 Å². The Morgan fingerprint density at radius 1 is 1.36 bits per heavy atom. The van der Waals surface area contributed by atoms with E-state index in [1.54, 1.807) is 0 Å². The molecule has 1 aromatic heterocycles. The van der Waals surface area contributed by atoms with Crippen molar-refractivity contribution in [3.05, 3.63) is 36.0 Å². The minimum Gasteiger partial charge on any atom is -0.467 e. The molecule has 1 aromatic carbocycles. The predicted molar refractivity (Wildman–Crippen MR) is 86.5 cm³/mol. The molecule has 0 saturated carbocycles. The Morgan fingerprint density at radius 3 is 2.80 bits per heavy atom. The molecule has 1 aliphatic rings. The van der Waals surface area contributed by atoms with Crippen molar-refractivity contribution in [3.63, 3.8) is 0 Å². The molecular weight excluding hydrogens is 326 g/mol. The van der Waals surface area contributed by atoms with E-state index in [2.05, 4.69) is 15.6 Å². The summed E-state index contributed by atoms with van der Waals surface area (Å²) in [4.78, 5) is 39.3. The zero-order valence-electron chi connectivity index (χ0n) is 13.6. The van der Waals surface area contributed by atoms with Crippen LogP contribution in [0.1, 0.15) is 18.5 Å². The summed E-state index contributed by atoms with van der Waals surface area (Å²) in [6, 6.07) is 8.51. The monoisotopic (exact) mass is 343 g/mol. The number of benzene rings is 1. The highest BCUT2D eigenvalue weighted by atomic mass is 16.6. The van der Waals surface area contributed by atoms with Crippen molar-refractivity contribution in [2.24, 2.45) is 0 Å². The zero-order chi connectivity index (χ0) is 17.8. The van der Waals surface area contributed by atoms with Crippen molar-refractivity contribution >= 4 is 17.7 Å². The van der Waals surface area contributed by atoms with Crippen molar-refractivity contribution in [3.8, 4) is 17.4 Å². The maximum atomic E-state index is 12.2. The molecule has 8 nitrogen and oxygen atoms in total. The minimum absolute atomic E-state index is 0.1000. The summed E-state index contributed by atoms with van der Waals surface area (Å²) >= 11 is 0. The lowest BCUT2D eigenvalue weighted by Crippen LogP contribution is -2.52. The minimum atomic E-state index is -0.725. The van der Waals surface area contributed by atoms with Crippen molar-refractivity contribution in [1.82, 2.24) is 15.6 Å². The van der Waals surface area contributed by atoms with Gasteiger partial charge >= 0.3 is 5.95 Å². The molecule has 2 heterocycles. The number of methoxy groups -OCH3 is 1. The lowest BCUT2D eigenvalue weighted by molar-refractivity contribution is -0.137. The molecule has 0 aliphatic carbocycles. The van der Waals surface area contributed by atoms with Crippen LogP contribution in [-0.4, -0.2) is 35.9 Å².